The highest BCUT2D eigenvalue weighted by molar-refractivity contribution is 7.91. The van der Waals surface area contributed by atoms with Crippen LogP contribution in [0.25, 0.3) is 0 Å². The van der Waals surface area contributed by atoms with Gasteiger partial charge in [-0.1, -0.05) is 18.2 Å². The minimum atomic E-state index is -4.16. The summed E-state index contributed by atoms with van der Waals surface area (Å²) >= 11 is 0. The molecule has 0 aromatic heterocycles. The van der Waals surface area contributed by atoms with Gasteiger partial charge in [-0.25, -0.2) is 26.4 Å². The fourth-order valence-corrected chi connectivity index (χ4v) is 5.57. The van der Waals surface area contributed by atoms with E-state index in [4.69, 9.17) is 0 Å². The molecule has 0 saturated carbocycles. The van der Waals surface area contributed by atoms with Gasteiger partial charge in [-0.2, -0.15) is 0 Å². The molecule has 0 heterocycles. The summed E-state index contributed by atoms with van der Waals surface area (Å²) in [5, 5.41) is 12.9. The van der Waals surface area contributed by atoms with E-state index in [1.165, 1.54) is 38.1 Å². The normalized spacial score (nSPS) is 11.7. The van der Waals surface area contributed by atoms with Crippen LogP contribution in [0.1, 0.15) is 16.7 Å². The maximum atomic E-state index is 12.4. The molecule has 0 atom stereocenters. The second-order valence-corrected chi connectivity index (χ2v) is 9.89. The minimum absolute atomic E-state index is 0.0521. The zero-order chi connectivity index (χ0) is 22.0. The van der Waals surface area contributed by atoms with Gasteiger partial charge in [0.05, 0.1) is 9.79 Å². The van der Waals surface area contributed by atoms with Gasteiger partial charge in [0.25, 0.3) is 10.0 Å². The van der Waals surface area contributed by atoms with Crippen molar-refractivity contribution in [2.24, 2.45) is 0 Å². The average molecular weight is 441 g/mol. The summed E-state index contributed by atoms with van der Waals surface area (Å²) in [6, 6.07) is 7.68. The van der Waals surface area contributed by atoms with Gasteiger partial charge in [-0.15, -0.1) is 0 Å². The van der Waals surface area contributed by atoms with Gasteiger partial charge < -0.3 is 5.32 Å². The van der Waals surface area contributed by atoms with Crippen LogP contribution in [0, 0.1) is 30.9 Å². The Bertz CT molecular complexity index is 1170. The molecular weight excluding hydrogens is 422 g/mol. The van der Waals surface area contributed by atoms with Crippen LogP contribution in [-0.2, 0) is 19.9 Å². The maximum absolute atomic E-state index is 12.4. The van der Waals surface area contributed by atoms with E-state index in [1.807, 2.05) is 4.72 Å². The van der Waals surface area contributed by atoms with Gasteiger partial charge in [0, 0.05) is 10.6 Å². The van der Waals surface area contributed by atoms with E-state index in [-0.39, 0.29) is 26.6 Å². The molecule has 10 nitrogen and oxygen atoms in total. The Kier molecular flexibility index (Phi) is 6.28. The fourth-order valence-electron chi connectivity index (χ4n) is 2.91. The number of carbonyl (C=O) groups excluding carboxylic acids is 1. The first-order valence-corrected chi connectivity index (χ1v) is 11.3. The van der Waals surface area contributed by atoms with Gasteiger partial charge in [0.2, 0.25) is 9.84 Å². The summed E-state index contributed by atoms with van der Waals surface area (Å²) in [4.78, 5) is 21.6. The van der Waals surface area contributed by atoms with Crippen molar-refractivity contribution in [2.45, 2.75) is 30.6 Å². The smallest absolute Gasteiger partial charge is 0.307 e. The van der Waals surface area contributed by atoms with E-state index in [2.05, 4.69) is 5.32 Å². The van der Waals surface area contributed by atoms with Crippen LogP contribution in [-0.4, -0.2) is 33.7 Å². The van der Waals surface area contributed by atoms with Crippen molar-refractivity contribution in [1.82, 2.24) is 4.72 Å². The molecule has 0 aliphatic heterocycles. The van der Waals surface area contributed by atoms with Crippen LogP contribution < -0.4 is 10.0 Å². The van der Waals surface area contributed by atoms with Crippen LogP contribution in [0.4, 0.5) is 10.5 Å². The van der Waals surface area contributed by atoms with Gasteiger partial charge in [0.15, 0.2) is 0 Å². The van der Waals surface area contributed by atoms with Crippen LogP contribution in [0.3, 0.4) is 0 Å². The number of hydrogen-bond acceptors (Lipinski definition) is 7. The summed E-state index contributed by atoms with van der Waals surface area (Å²) in [7, 11) is -8.27. The molecular formula is C17H19N3O7S2. The largest absolute Gasteiger partial charge is 0.333 e. The maximum Gasteiger partial charge on any atom is 0.333 e. The summed E-state index contributed by atoms with van der Waals surface area (Å²) in [5.74, 6) is -1.25. The number of sulfone groups is 1. The lowest BCUT2D eigenvalue weighted by molar-refractivity contribution is -0.458. The first-order chi connectivity index (χ1) is 13.3. The molecule has 0 unspecified atom stereocenters. The first kappa shape index (κ1) is 22.3. The second kappa shape index (κ2) is 8.17. The van der Waals surface area contributed by atoms with Crippen LogP contribution in [0.5, 0.6) is 0 Å². The molecule has 0 aliphatic carbocycles. The number of hydrogen-bond donors (Lipinski definition) is 2. The highest BCUT2D eigenvalue weighted by Crippen LogP contribution is 2.25. The lowest BCUT2D eigenvalue weighted by atomic mass is 10.1. The van der Waals surface area contributed by atoms with Gasteiger partial charge in [-0.05, 0) is 55.7 Å². The molecule has 2 aromatic rings. The fraction of sp³-hybridized carbons (Fsp3) is 0.235. The number of rotatable bonds is 6. The third-order valence-electron chi connectivity index (χ3n) is 3.91. The highest BCUT2D eigenvalue weighted by Gasteiger charge is 2.26. The molecule has 2 N–H and O–H groups in total. The molecule has 0 bridgehead atoms. The predicted octanol–water partition coefficient (Wildman–Crippen LogP) is 2.13. The lowest BCUT2D eigenvalue weighted by Gasteiger charge is -2.13. The summed E-state index contributed by atoms with van der Waals surface area (Å²) < 4.78 is 51.0. The van der Waals surface area contributed by atoms with Crippen LogP contribution in [0.2, 0.25) is 0 Å². The number of benzene rings is 2. The third-order valence-corrected chi connectivity index (χ3v) is 7.22. The van der Waals surface area contributed by atoms with Gasteiger partial charge >= 0.3 is 11.9 Å². The molecule has 0 aliphatic rings. The van der Waals surface area contributed by atoms with Crippen LogP contribution in [0.15, 0.2) is 46.2 Å². The van der Waals surface area contributed by atoms with Crippen molar-refractivity contribution in [3.05, 3.63) is 63.2 Å². The summed E-state index contributed by atoms with van der Waals surface area (Å²) in [5.41, 5.74) is 0.963. The second-order valence-electron chi connectivity index (χ2n) is 6.34. The zero-order valence-electron chi connectivity index (χ0n) is 15.8. The number of nitro groups is 1. The van der Waals surface area contributed by atoms with E-state index in [1.54, 1.807) is 19.1 Å². The summed E-state index contributed by atoms with van der Waals surface area (Å²) in [6.45, 7) is 4.43. The van der Waals surface area contributed by atoms with E-state index < -0.39 is 36.7 Å². The molecule has 2 rings (SSSR count). The van der Waals surface area contributed by atoms with Crippen molar-refractivity contribution in [3.8, 4) is 0 Å². The number of anilines is 1. The van der Waals surface area contributed by atoms with Crippen molar-refractivity contribution in [1.29, 1.82) is 0 Å². The van der Waals surface area contributed by atoms with Crippen molar-refractivity contribution in [3.63, 3.8) is 0 Å². The number of nitrogens with zero attached hydrogens (tertiary/aromatic N) is 1. The minimum Gasteiger partial charge on any atom is -0.307 e. The Labute approximate surface area is 168 Å². The molecule has 29 heavy (non-hydrogen) atoms. The first-order valence-electron chi connectivity index (χ1n) is 8.19. The molecule has 12 heteroatoms. The standard InChI is InChI=1S/C17H19N3O7S2/c1-11-6-4-5-7-15(11)29(26,27)19-17(21)18-14-8-12(2)16(13(3)9-14)28(24,25)10-20(22)23/h4-9H,10H2,1-3H3,(H2,18,19,21). The monoisotopic (exact) mass is 441 g/mol. The molecule has 0 saturated heterocycles. The number of carbonyl (C=O) groups is 1. The molecule has 156 valence electrons. The van der Waals surface area contributed by atoms with E-state index in [9.17, 15) is 31.7 Å². The molecule has 0 spiro atoms. The van der Waals surface area contributed by atoms with Crippen molar-refractivity contribution in [2.75, 3.05) is 11.2 Å². The number of nitrogens with one attached hydrogen (secondary N) is 2. The van der Waals surface area contributed by atoms with Crippen molar-refractivity contribution < 1.29 is 26.6 Å². The van der Waals surface area contributed by atoms with Gasteiger partial charge in [-0.3, -0.25) is 10.1 Å². The number of amides is 2. The summed E-state index contributed by atoms with van der Waals surface area (Å²) in [6.07, 6.45) is 0. The van der Waals surface area contributed by atoms with Crippen molar-refractivity contribution >= 4 is 31.6 Å². The Hall–Kier alpha value is -2.99. The molecule has 0 radical (unpaired) electrons. The zero-order valence-corrected chi connectivity index (χ0v) is 17.4. The highest BCUT2D eigenvalue weighted by atomic mass is 32.2. The molecule has 0 fully saturated rings. The van der Waals surface area contributed by atoms with Gasteiger partial charge in [0.1, 0.15) is 0 Å². The lowest BCUT2D eigenvalue weighted by Crippen LogP contribution is -2.34. The number of urea groups is 1. The predicted molar refractivity (Wildman–Crippen MR) is 105 cm³/mol. The SMILES string of the molecule is Cc1ccccc1S(=O)(=O)NC(=O)Nc1cc(C)c(S(=O)(=O)C[N+](=O)[O-])c(C)c1. The number of sulfonamides is 1. The van der Waals surface area contributed by atoms with Crippen LogP contribution >= 0.6 is 0 Å². The molecule has 2 aromatic carbocycles. The number of aryl methyl sites for hydroxylation is 3. The Morgan fingerprint density at radius 3 is 2.07 bits per heavy atom. The van der Waals surface area contributed by atoms with E-state index in [0.717, 1.165) is 0 Å². The Morgan fingerprint density at radius 1 is 1.00 bits per heavy atom. The topological polar surface area (TPSA) is 153 Å². The van der Waals surface area contributed by atoms with E-state index in [0.29, 0.717) is 5.56 Å². The average Bonchev–Trinajstić information content (AvgIpc) is 2.51. The van der Waals surface area contributed by atoms with E-state index >= 15 is 0 Å². The molecule has 2 amide bonds. The Balaban J connectivity index is 2.26. The third kappa shape index (κ3) is 5.29. The quantitative estimate of drug-likeness (QED) is 0.514. The Morgan fingerprint density at radius 2 is 1.55 bits per heavy atom.